The van der Waals surface area contributed by atoms with Gasteiger partial charge in [0.05, 0.1) is 23.4 Å². The Bertz CT molecular complexity index is 995. The van der Waals surface area contributed by atoms with E-state index in [-0.39, 0.29) is 24.1 Å². The lowest BCUT2D eigenvalue weighted by Crippen LogP contribution is -2.44. The van der Waals surface area contributed by atoms with E-state index in [2.05, 4.69) is 9.97 Å². The lowest BCUT2D eigenvalue weighted by atomic mass is 10.1. The van der Waals surface area contributed by atoms with Gasteiger partial charge in [-0.05, 0) is 24.3 Å². The highest BCUT2D eigenvalue weighted by Crippen LogP contribution is 2.18. The molecule has 3 heterocycles. The van der Waals surface area contributed by atoms with Gasteiger partial charge in [0, 0.05) is 32.1 Å². The van der Waals surface area contributed by atoms with Crippen molar-refractivity contribution < 1.29 is 9.53 Å². The molecule has 138 valence electrons. The SMILES string of the molecule is O=C(Cn1cnc2ccccc2c1=O)N1CCC(Oc2cccnc2)CC1. The molecule has 0 aliphatic carbocycles. The van der Waals surface area contributed by atoms with Crippen LogP contribution in [0.4, 0.5) is 0 Å². The molecular weight excluding hydrogens is 344 g/mol. The molecule has 1 aliphatic heterocycles. The Kier molecular flexibility index (Phi) is 4.82. The minimum atomic E-state index is -0.191. The molecule has 4 rings (SSSR count). The third-order valence-corrected chi connectivity index (χ3v) is 4.77. The van der Waals surface area contributed by atoms with Gasteiger partial charge in [-0.25, -0.2) is 4.98 Å². The minimum absolute atomic E-state index is 0.00476. The summed E-state index contributed by atoms with van der Waals surface area (Å²) in [7, 11) is 0. The summed E-state index contributed by atoms with van der Waals surface area (Å²) >= 11 is 0. The van der Waals surface area contributed by atoms with Gasteiger partial charge < -0.3 is 9.64 Å². The van der Waals surface area contributed by atoms with Gasteiger partial charge in [-0.3, -0.25) is 19.1 Å². The Morgan fingerprint density at radius 3 is 2.74 bits per heavy atom. The van der Waals surface area contributed by atoms with Crippen LogP contribution in [0, 0.1) is 0 Å². The van der Waals surface area contributed by atoms with Crippen LogP contribution >= 0.6 is 0 Å². The topological polar surface area (TPSA) is 77.3 Å². The van der Waals surface area contributed by atoms with E-state index in [9.17, 15) is 9.59 Å². The van der Waals surface area contributed by atoms with Crippen molar-refractivity contribution in [2.75, 3.05) is 13.1 Å². The molecule has 1 fully saturated rings. The Labute approximate surface area is 156 Å². The average molecular weight is 364 g/mol. The number of aromatic nitrogens is 3. The molecular formula is C20H20N4O3. The zero-order valence-electron chi connectivity index (χ0n) is 14.8. The second-order valence-electron chi connectivity index (χ2n) is 6.58. The maximum Gasteiger partial charge on any atom is 0.261 e. The monoisotopic (exact) mass is 364 g/mol. The first-order chi connectivity index (χ1) is 13.2. The van der Waals surface area contributed by atoms with E-state index in [0.717, 1.165) is 18.6 Å². The summed E-state index contributed by atoms with van der Waals surface area (Å²) in [6.45, 7) is 1.23. The van der Waals surface area contributed by atoms with Crippen LogP contribution in [0.1, 0.15) is 12.8 Å². The molecule has 2 aromatic heterocycles. The van der Waals surface area contributed by atoms with Gasteiger partial charge in [0.25, 0.3) is 5.56 Å². The van der Waals surface area contributed by atoms with Crippen LogP contribution in [0.5, 0.6) is 5.75 Å². The fourth-order valence-electron chi connectivity index (χ4n) is 3.30. The van der Waals surface area contributed by atoms with E-state index >= 15 is 0 Å². The van der Waals surface area contributed by atoms with E-state index < -0.39 is 0 Å². The van der Waals surface area contributed by atoms with Crippen molar-refractivity contribution in [1.82, 2.24) is 19.4 Å². The van der Waals surface area contributed by atoms with Crippen LogP contribution in [0.15, 0.2) is 59.9 Å². The van der Waals surface area contributed by atoms with E-state index in [4.69, 9.17) is 4.74 Å². The van der Waals surface area contributed by atoms with E-state index in [1.165, 1.54) is 10.9 Å². The number of hydrogen-bond donors (Lipinski definition) is 0. The first-order valence-electron chi connectivity index (χ1n) is 8.99. The predicted molar refractivity (Wildman–Crippen MR) is 100 cm³/mol. The highest BCUT2D eigenvalue weighted by atomic mass is 16.5. The molecule has 1 aromatic carbocycles. The molecule has 0 radical (unpaired) electrons. The first-order valence-corrected chi connectivity index (χ1v) is 8.99. The molecule has 1 aliphatic rings. The number of pyridine rings is 1. The number of piperidine rings is 1. The van der Waals surface area contributed by atoms with Crippen molar-refractivity contribution in [3.8, 4) is 5.75 Å². The third-order valence-electron chi connectivity index (χ3n) is 4.77. The van der Waals surface area contributed by atoms with Gasteiger partial charge in [0.15, 0.2) is 0 Å². The Balaban J connectivity index is 1.37. The molecule has 1 saturated heterocycles. The van der Waals surface area contributed by atoms with E-state index in [1.807, 2.05) is 18.2 Å². The molecule has 0 N–H and O–H groups in total. The van der Waals surface area contributed by atoms with Gasteiger partial charge in [0.2, 0.25) is 5.91 Å². The summed E-state index contributed by atoms with van der Waals surface area (Å²) in [5.41, 5.74) is 0.448. The molecule has 0 atom stereocenters. The number of hydrogen-bond acceptors (Lipinski definition) is 5. The second-order valence-corrected chi connectivity index (χ2v) is 6.58. The maximum absolute atomic E-state index is 12.6. The molecule has 0 spiro atoms. The Morgan fingerprint density at radius 2 is 1.96 bits per heavy atom. The number of amides is 1. The van der Waals surface area contributed by atoms with Crippen LogP contribution in [-0.2, 0) is 11.3 Å². The summed E-state index contributed by atoms with van der Waals surface area (Å²) in [4.78, 5) is 35.2. The highest BCUT2D eigenvalue weighted by Gasteiger charge is 2.24. The number of carbonyl (C=O) groups is 1. The number of carbonyl (C=O) groups excluding carboxylic acids is 1. The van der Waals surface area contributed by atoms with E-state index in [0.29, 0.717) is 24.0 Å². The fraction of sp³-hybridized carbons (Fsp3) is 0.300. The standard InChI is InChI=1S/C20H20N4O3/c25-19(13-24-14-22-18-6-2-1-5-17(18)20(24)26)23-10-7-15(8-11-23)27-16-4-3-9-21-12-16/h1-6,9,12,14-15H,7-8,10-11,13H2. The lowest BCUT2D eigenvalue weighted by molar-refractivity contribution is -0.133. The van der Waals surface area contributed by atoms with Gasteiger partial charge in [0.1, 0.15) is 18.4 Å². The molecule has 0 unspecified atom stereocenters. The van der Waals surface area contributed by atoms with Crippen LogP contribution in [-0.4, -0.2) is 44.5 Å². The van der Waals surface area contributed by atoms with Gasteiger partial charge in [-0.15, -0.1) is 0 Å². The number of para-hydroxylation sites is 1. The summed E-state index contributed by atoms with van der Waals surface area (Å²) < 4.78 is 7.28. The summed E-state index contributed by atoms with van der Waals surface area (Å²) in [5, 5.41) is 0.524. The largest absolute Gasteiger partial charge is 0.489 e. The van der Waals surface area contributed by atoms with Crippen LogP contribution in [0.2, 0.25) is 0 Å². The Hall–Kier alpha value is -3.22. The summed E-state index contributed by atoms with van der Waals surface area (Å²) in [5.74, 6) is 0.671. The van der Waals surface area contributed by atoms with E-state index in [1.54, 1.807) is 35.5 Å². The molecule has 1 amide bonds. The quantitative estimate of drug-likeness (QED) is 0.706. The summed E-state index contributed by atoms with van der Waals surface area (Å²) in [6.07, 6.45) is 6.43. The van der Waals surface area contributed by atoms with Gasteiger partial charge in [-0.2, -0.15) is 0 Å². The number of nitrogens with zero attached hydrogens (tertiary/aromatic N) is 4. The number of rotatable bonds is 4. The summed E-state index contributed by atoms with van der Waals surface area (Å²) in [6, 6.07) is 10.9. The molecule has 7 nitrogen and oxygen atoms in total. The maximum atomic E-state index is 12.6. The zero-order valence-corrected chi connectivity index (χ0v) is 14.8. The van der Waals surface area contributed by atoms with Gasteiger partial charge >= 0.3 is 0 Å². The average Bonchev–Trinajstić information content (AvgIpc) is 2.71. The third kappa shape index (κ3) is 3.81. The number of benzene rings is 1. The van der Waals surface area contributed by atoms with Crippen LogP contribution < -0.4 is 10.3 Å². The predicted octanol–water partition coefficient (Wildman–Crippen LogP) is 1.86. The molecule has 0 bridgehead atoms. The molecule has 27 heavy (non-hydrogen) atoms. The van der Waals surface area contributed by atoms with Crippen molar-refractivity contribution in [2.45, 2.75) is 25.5 Å². The van der Waals surface area contributed by atoms with Crippen molar-refractivity contribution in [3.05, 3.63) is 65.5 Å². The molecule has 3 aromatic rings. The highest BCUT2D eigenvalue weighted by molar-refractivity contribution is 5.79. The first kappa shape index (κ1) is 17.2. The Morgan fingerprint density at radius 1 is 1.15 bits per heavy atom. The smallest absolute Gasteiger partial charge is 0.261 e. The van der Waals surface area contributed by atoms with Crippen molar-refractivity contribution in [3.63, 3.8) is 0 Å². The second kappa shape index (κ2) is 7.57. The molecule has 0 saturated carbocycles. The van der Waals surface area contributed by atoms with Crippen molar-refractivity contribution in [2.24, 2.45) is 0 Å². The fourth-order valence-corrected chi connectivity index (χ4v) is 3.30. The zero-order chi connectivity index (χ0) is 18.6. The van der Waals surface area contributed by atoms with Crippen LogP contribution in [0.25, 0.3) is 10.9 Å². The number of fused-ring (bicyclic) bond motifs is 1. The molecule has 7 heteroatoms. The lowest BCUT2D eigenvalue weighted by Gasteiger charge is -2.32. The van der Waals surface area contributed by atoms with Crippen LogP contribution in [0.3, 0.4) is 0 Å². The normalized spacial score (nSPS) is 15.0. The van der Waals surface area contributed by atoms with Crippen molar-refractivity contribution >= 4 is 16.8 Å². The minimum Gasteiger partial charge on any atom is -0.489 e. The number of ether oxygens (including phenoxy) is 1. The van der Waals surface area contributed by atoms with Gasteiger partial charge in [-0.1, -0.05) is 12.1 Å². The number of likely N-dealkylation sites (tertiary alicyclic amines) is 1. The van der Waals surface area contributed by atoms with Crippen molar-refractivity contribution in [1.29, 1.82) is 0 Å².